The minimum Gasteiger partial charge on any atom is -0.349 e. The number of rotatable bonds is 6. The van der Waals surface area contributed by atoms with Gasteiger partial charge in [0.1, 0.15) is 5.82 Å². The van der Waals surface area contributed by atoms with Gasteiger partial charge in [-0.1, -0.05) is 18.2 Å². The van der Waals surface area contributed by atoms with Crippen LogP contribution >= 0.6 is 11.3 Å². The Labute approximate surface area is 140 Å². The summed E-state index contributed by atoms with van der Waals surface area (Å²) in [6.07, 6.45) is 2.14. The molecule has 1 aromatic carbocycles. The normalized spacial score (nSPS) is 12.4. The molecule has 0 saturated heterocycles. The van der Waals surface area contributed by atoms with E-state index >= 15 is 0 Å². The van der Waals surface area contributed by atoms with E-state index in [0.717, 1.165) is 29.7 Å². The van der Waals surface area contributed by atoms with E-state index in [-0.39, 0.29) is 11.9 Å². The van der Waals surface area contributed by atoms with E-state index in [2.05, 4.69) is 27.0 Å². The maximum absolute atomic E-state index is 12.1. The van der Waals surface area contributed by atoms with Crippen LogP contribution in [-0.4, -0.2) is 15.5 Å². The third-order valence-electron chi connectivity index (χ3n) is 4.03. The minimum atomic E-state index is 0.0817. The number of carbonyl (C=O) groups excluding carboxylic acids is 1. The predicted octanol–water partition coefficient (Wildman–Crippen LogP) is 3.83. The molecule has 3 rings (SSSR count). The minimum absolute atomic E-state index is 0.0817. The second-order valence-corrected chi connectivity index (χ2v) is 6.71. The summed E-state index contributed by atoms with van der Waals surface area (Å²) < 4.78 is 2.11. The van der Waals surface area contributed by atoms with Gasteiger partial charge >= 0.3 is 0 Å². The zero-order valence-corrected chi connectivity index (χ0v) is 14.3. The van der Waals surface area contributed by atoms with Crippen LogP contribution in [0.4, 0.5) is 0 Å². The average molecular weight is 327 g/mol. The third-order valence-corrected chi connectivity index (χ3v) is 5.09. The van der Waals surface area contributed by atoms with Gasteiger partial charge in [0, 0.05) is 24.8 Å². The molecule has 0 aliphatic heterocycles. The van der Waals surface area contributed by atoms with Gasteiger partial charge in [0.05, 0.1) is 17.1 Å². The van der Waals surface area contributed by atoms with Crippen LogP contribution < -0.4 is 5.32 Å². The number of hydrogen-bond acceptors (Lipinski definition) is 3. The van der Waals surface area contributed by atoms with Gasteiger partial charge in [-0.2, -0.15) is 0 Å². The van der Waals surface area contributed by atoms with E-state index in [1.165, 1.54) is 4.88 Å². The Kier molecular flexibility index (Phi) is 4.76. The Hall–Kier alpha value is -2.14. The molecule has 0 spiro atoms. The largest absolute Gasteiger partial charge is 0.349 e. The molecule has 5 heteroatoms. The summed E-state index contributed by atoms with van der Waals surface area (Å²) in [4.78, 5) is 17.9. The number of benzene rings is 1. The molecule has 1 unspecified atom stereocenters. The molecule has 0 radical (unpaired) electrons. The summed E-state index contributed by atoms with van der Waals surface area (Å²) in [5.41, 5.74) is 2.15. The highest BCUT2D eigenvalue weighted by atomic mass is 32.1. The van der Waals surface area contributed by atoms with E-state index in [4.69, 9.17) is 0 Å². The number of fused-ring (bicyclic) bond motifs is 1. The molecular formula is C18H21N3OS. The lowest BCUT2D eigenvalue weighted by atomic mass is 10.2. The van der Waals surface area contributed by atoms with Crippen molar-refractivity contribution in [3.05, 3.63) is 52.5 Å². The number of nitrogens with zero attached hydrogens (tertiary/aromatic N) is 2. The van der Waals surface area contributed by atoms with Gasteiger partial charge in [-0.05, 0) is 36.9 Å². The number of carbonyl (C=O) groups is 1. The van der Waals surface area contributed by atoms with Crippen molar-refractivity contribution in [2.75, 3.05) is 0 Å². The van der Waals surface area contributed by atoms with Gasteiger partial charge in [-0.25, -0.2) is 4.98 Å². The van der Waals surface area contributed by atoms with Crippen LogP contribution in [0, 0.1) is 0 Å². The van der Waals surface area contributed by atoms with Gasteiger partial charge in [0.15, 0.2) is 0 Å². The highest BCUT2D eigenvalue weighted by molar-refractivity contribution is 7.10. The predicted molar refractivity (Wildman–Crippen MR) is 94.5 cm³/mol. The summed E-state index contributed by atoms with van der Waals surface area (Å²) >= 11 is 1.67. The average Bonchev–Trinajstić information content (AvgIpc) is 3.17. The second kappa shape index (κ2) is 6.96. The lowest BCUT2D eigenvalue weighted by molar-refractivity contribution is -0.121. The van der Waals surface area contributed by atoms with Crippen molar-refractivity contribution in [1.82, 2.24) is 14.9 Å². The molecule has 2 aromatic heterocycles. The van der Waals surface area contributed by atoms with Crippen LogP contribution in [0.3, 0.4) is 0 Å². The van der Waals surface area contributed by atoms with Gasteiger partial charge in [0.2, 0.25) is 5.91 Å². The standard InChI is InChI=1S/C18H21N3OS/c1-13(16-9-6-12-23-16)19-18(22)11-5-10-17-20-14-7-3-4-8-15(14)21(17)2/h3-4,6-9,12-13H,5,10-11H2,1-2H3,(H,19,22). The smallest absolute Gasteiger partial charge is 0.220 e. The van der Waals surface area contributed by atoms with E-state index in [0.29, 0.717) is 6.42 Å². The third kappa shape index (κ3) is 3.62. The Bertz CT molecular complexity index is 792. The number of aryl methyl sites for hydroxylation is 2. The fourth-order valence-corrected chi connectivity index (χ4v) is 3.48. The topological polar surface area (TPSA) is 46.9 Å². The summed E-state index contributed by atoms with van der Waals surface area (Å²) in [6, 6.07) is 12.3. The van der Waals surface area contributed by atoms with Crippen molar-refractivity contribution in [2.45, 2.75) is 32.2 Å². The first kappa shape index (κ1) is 15.7. The molecule has 0 aliphatic rings. The lowest BCUT2D eigenvalue weighted by Gasteiger charge is -2.12. The SMILES string of the molecule is CC(NC(=O)CCCc1nc2ccccc2n1C)c1cccs1. The Morgan fingerprint density at radius 2 is 2.13 bits per heavy atom. The second-order valence-electron chi connectivity index (χ2n) is 5.73. The number of thiophene rings is 1. The van der Waals surface area contributed by atoms with Crippen LogP contribution in [0.2, 0.25) is 0 Å². The maximum atomic E-state index is 12.1. The van der Waals surface area contributed by atoms with Crippen LogP contribution in [0.1, 0.15) is 36.5 Å². The Balaban J connectivity index is 1.52. The Morgan fingerprint density at radius 1 is 1.30 bits per heavy atom. The molecule has 0 bridgehead atoms. The van der Waals surface area contributed by atoms with Crippen LogP contribution in [0.15, 0.2) is 41.8 Å². The summed E-state index contributed by atoms with van der Waals surface area (Å²) in [7, 11) is 2.03. The Morgan fingerprint density at radius 3 is 2.87 bits per heavy atom. The van der Waals surface area contributed by atoms with E-state index in [1.807, 2.05) is 43.6 Å². The fourth-order valence-electron chi connectivity index (χ4n) is 2.75. The summed E-state index contributed by atoms with van der Waals surface area (Å²) in [5.74, 6) is 1.13. The number of amides is 1. The van der Waals surface area contributed by atoms with Gasteiger partial charge in [-0.3, -0.25) is 4.79 Å². The lowest BCUT2D eigenvalue weighted by Crippen LogP contribution is -2.25. The number of aromatic nitrogens is 2. The molecule has 0 fully saturated rings. The van der Waals surface area contributed by atoms with Crippen LogP contribution in [0.5, 0.6) is 0 Å². The number of hydrogen-bond donors (Lipinski definition) is 1. The number of para-hydroxylation sites is 2. The highest BCUT2D eigenvalue weighted by Crippen LogP contribution is 2.19. The molecule has 1 N–H and O–H groups in total. The number of imidazole rings is 1. The molecule has 1 atom stereocenters. The maximum Gasteiger partial charge on any atom is 0.220 e. The van der Waals surface area contributed by atoms with Crippen LogP contribution in [0.25, 0.3) is 11.0 Å². The molecule has 1 amide bonds. The first-order valence-corrected chi connectivity index (χ1v) is 8.76. The molecule has 3 aromatic rings. The zero-order chi connectivity index (χ0) is 16.2. The van der Waals surface area contributed by atoms with E-state index < -0.39 is 0 Å². The molecule has 0 saturated carbocycles. The number of nitrogens with one attached hydrogen (secondary N) is 1. The van der Waals surface area contributed by atoms with E-state index in [9.17, 15) is 4.79 Å². The van der Waals surface area contributed by atoms with Crippen molar-refractivity contribution < 1.29 is 4.79 Å². The first-order chi connectivity index (χ1) is 11.1. The summed E-state index contributed by atoms with van der Waals surface area (Å²) in [6.45, 7) is 2.02. The van der Waals surface area contributed by atoms with Gasteiger partial charge < -0.3 is 9.88 Å². The molecule has 4 nitrogen and oxygen atoms in total. The van der Waals surface area contributed by atoms with Crippen molar-refractivity contribution in [3.8, 4) is 0 Å². The highest BCUT2D eigenvalue weighted by Gasteiger charge is 2.11. The summed E-state index contributed by atoms with van der Waals surface area (Å²) in [5, 5.41) is 5.09. The van der Waals surface area contributed by atoms with Crippen molar-refractivity contribution in [3.63, 3.8) is 0 Å². The molecular weight excluding hydrogens is 306 g/mol. The molecule has 2 heterocycles. The van der Waals surface area contributed by atoms with Gasteiger partial charge in [-0.15, -0.1) is 11.3 Å². The van der Waals surface area contributed by atoms with Crippen molar-refractivity contribution in [1.29, 1.82) is 0 Å². The monoisotopic (exact) mass is 327 g/mol. The fraction of sp³-hybridized carbons (Fsp3) is 0.333. The zero-order valence-electron chi connectivity index (χ0n) is 13.5. The molecule has 120 valence electrons. The van der Waals surface area contributed by atoms with Crippen LogP contribution in [-0.2, 0) is 18.3 Å². The molecule has 23 heavy (non-hydrogen) atoms. The first-order valence-electron chi connectivity index (χ1n) is 7.88. The van der Waals surface area contributed by atoms with Crippen molar-refractivity contribution >= 4 is 28.3 Å². The quantitative estimate of drug-likeness (QED) is 0.748. The van der Waals surface area contributed by atoms with Gasteiger partial charge in [0.25, 0.3) is 0 Å². The van der Waals surface area contributed by atoms with Crippen molar-refractivity contribution in [2.24, 2.45) is 7.05 Å². The molecule has 0 aliphatic carbocycles. The van der Waals surface area contributed by atoms with E-state index in [1.54, 1.807) is 11.3 Å².